The van der Waals surface area contributed by atoms with Crippen molar-refractivity contribution in [3.8, 4) is 0 Å². The molecule has 19 heteroatoms. The van der Waals surface area contributed by atoms with Crippen LogP contribution in [0.1, 0.15) is 207 Å². The largest absolute Gasteiger partial charge is 0.441 e. The van der Waals surface area contributed by atoms with Gasteiger partial charge in [0, 0.05) is 98.2 Å². The molecule has 0 radical (unpaired) electrons. The Morgan fingerprint density at radius 2 is 0.602 bits per heavy atom. The Morgan fingerprint density at radius 1 is 0.221 bits per heavy atom. The van der Waals surface area contributed by atoms with Gasteiger partial charge in [-0.3, -0.25) is 0 Å². The van der Waals surface area contributed by atoms with Gasteiger partial charge < -0.3 is 27.1 Å². The van der Waals surface area contributed by atoms with Crippen LogP contribution in [0.3, 0.4) is 0 Å². The molecule has 3 aromatic carbocycles. The molecule has 17 nitrogen and oxygen atoms in total. The predicted molar refractivity (Wildman–Crippen MR) is 479 cm³/mol. The van der Waals surface area contributed by atoms with Crippen LogP contribution in [0.5, 0.6) is 0 Å². The van der Waals surface area contributed by atoms with E-state index in [2.05, 4.69) is 270 Å². The van der Waals surface area contributed by atoms with E-state index in [0.717, 1.165) is 118 Å². The topological polar surface area (TPSA) is 188 Å². The maximum absolute atomic E-state index is 5.60. The fourth-order valence-corrected chi connectivity index (χ4v) is 16.9. The van der Waals surface area contributed by atoms with Gasteiger partial charge >= 0.3 is 0 Å². The summed E-state index contributed by atoms with van der Waals surface area (Å²) >= 11 is 3.53. The van der Waals surface area contributed by atoms with E-state index in [1.54, 1.807) is 22.7 Å². The van der Waals surface area contributed by atoms with Crippen molar-refractivity contribution in [1.29, 1.82) is 0 Å². The highest BCUT2D eigenvalue weighted by Gasteiger charge is 2.21. The summed E-state index contributed by atoms with van der Waals surface area (Å²) in [5.41, 5.74) is 52.2. The molecule has 0 amide bonds. The number of imidazole rings is 2. The zero-order chi connectivity index (χ0) is 84.5. The average Bonchev–Trinajstić information content (AvgIpc) is 1.67. The first kappa shape index (κ1) is 87.1. The van der Waals surface area contributed by atoms with Gasteiger partial charge in [-0.2, -0.15) is 4.98 Å². The molecule has 0 N–H and O–H groups in total. The molecule has 0 aliphatic heterocycles. The summed E-state index contributed by atoms with van der Waals surface area (Å²) in [5.74, 6) is 3.45. The maximum atomic E-state index is 5.60. The van der Waals surface area contributed by atoms with Crippen molar-refractivity contribution < 1.29 is 8.83 Å². The van der Waals surface area contributed by atoms with E-state index >= 15 is 0 Å². The Hall–Kier alpha value is -9.85. The molecule has 0 aliphatic rings. The molecular weight excluding hydrogens is 1440 g/mol. The Balaban J connectivity index is 0.000000148. The van der Waals surface area contributed by atoms with Crippen LogP contribution in [0.15, 0.2) is 8.83 Å². The van der Waals surface area contributed by atoms with Crippen molar-refractivity contribution in [1.82, 2.24) is 73.1 Å². The summed E-state index contributed by atoms with van der Waals surface area (Å²) in [7, 11) is 8.30. The minimum atomic E-state index is 0.676. The van der Waals surface area contributed by atoms with Gasteiger partial charge in [0.05, 0.1) is 36.0 Å². The van der Waals surface area contributed by atoms with Crippen molar-refractivity contribution in [3.05, 3.63) is 207 Å². The lowest BCUT2D eigenvalue weighted by Gasteiger charge is -2.12. The van der Waals surface area contributed by atoms with E-state index < -0.39 is 0 Å². The first-order valence-corrected chi connectivity index (χ1v) is 40.8. The quantitative estimate of drug-likeness (QED) is 0.140. The van der Waals surface area contributed by atoms with Crippen molar-refractivity contribution in [2.24, 2.45) is 28.2 Å². The van der Waals surface area contributed by atoms with Crippen LogP contribution < -0.4 is 0 Å². The second-order valence-electron chi connectivity index (χ2n) is 31.6. The molecule has 13 aromatic heterocycles. The van der Waals surface area contributed by atoms with Crippen molar-refractivity contribution in [3.63, 3.8) is 0 Å². The van der Waals surface area contributed by atoms with Crippen LogP contribution >= 0.6 is 22.7 Å². The molecule has 0 atom stereocenters. The molecule has 16 rings (SSSR count). The molecular formula is C94H123N15O2S2. The van der Waals surface area contributed by atoms with Crippen LogP contribution in [0, 0.1) is 256 Å². The van der Waals surface area contributed by atoms with Gasteiger partial charge in [0.1, 0.15) is 28.3 Å². The van der Waals surface area contributed by atoms with Gasteiger partial charge in [-0.05, 0) is 370 Å². The van der Waals surface area contributed by atoms with Crippen molar-refractivity contribution >= 4 is 110 Å². The Labute approximate surface area is 678 Å². The van der Waals surface area contributed by atoms with Crippen LogP contribution in [-0.2, 0) is 28.2 Å². The van der Waals surface area contributed by atoms with E-state index in [1.165, 1.54) is 171 Å². The summed E-state index contributed by atoms with van der Waals surface area (Å²) in [5, 5.41) is 5.05. The van der Waals surface area contributed by atoms with Crippen LogP contribution in [0.4, 0.5) is 0 Å². The highest BCUT2D eigenvalue weighted by atomic mass is 32.1. The van der Waals surface area contributed by atoms with Crippen LogP contribution in [0.25, 0.3) is 87.2 Å². The molecule has 0 saturated heterocycles. The maximum Gasteiger partial charge on any atom is 0.199 e. The predicted octanol–water partition coefficient (Wildman–Crippen LogP) is 24.1. The highest BCUT2D eigenvalue weighted by molar-refractivity contribution is 7.19. The first-order chi connectivity index (χ1) is 52.6. The van der Waals surface area contributed by atoms with Gasteiger partial charge in [0.2, 0.25) is 0 Å². The number of rotatable bonds is 0. The third-order valence-corrected chi connectivity index (χ3v) is 27.5. The van der Waals surface area contributed by atoms with Gasteiger partial charge in [-0.15, -0.1) is 22.7 Å². The molecule has 113 heavy (non-hydrogen) atoms. The smallest absolute Gasteiger partial charge is 0.199 e. The Morgan fingerprint density at radius 3 is 1.20 bits per heavy atom. The normalized spacial score (nSPS) is 11.2. The zero-order valence-electron chi connectivity index (χ0n) is 75.8. The highest BCUT2D eigenvalue weighted by Crippen LogP contribution is 2.37. The lowest BCUT2D eigenvalue weighted by Crippen LogP contribution is -1.97. The molecule has 0 saturated carbocycles. The molecule has 598 valence electrons. The van der Waals surface area contributed by atoms with Gasteiger partial charge in [0.15, 0.2) is 45.5 Å². The Bertz CT molecular complexity index is 6100. The monoisotopic (exact) mass is 1560 g/mol. The molecule has 0 bridgehead atoms. The van der Waals surface area contributed by atoms with E-state index in [9.17, 15) is 0 Å². The standard InChI is InChI=1S/C15H21N.C13H18N2.C12H15NO.C12H15NS.2C11H15N3.C10H12N2O.C10H12N2S/c1-8-9(2)11(4)15-14(10(8)3)12(5)13(6)16(15)7;1-7-8(2)12-9(3)11(5)15(6)13(12)14-10(7)4;2*1-6-7(2)9(4)12-11(8(6)3)13-10(5)14-12;1-6-7(2)10-11(12-8(6)3)13-9(4)14(10)5;1-6-7(2)10-11(12-8(6)3)14(5)9(4)13-10;2*1-5-6(2)9-10(11-7(5)3)12-8(4)13-9/h1-7H3;1-6H3;4*1-5H3;2*1-4H3. The number of hydrogen-bond donors (Lipinski definition) is 0. The number of thiazole rings is 2. The first-order valence-electron chi connectivity index (χ1n) is 39.1. The van der Waals surface area contributed by atoms with Gasteiger partial charge in [-0.25, -0.2) is 49.8 Å². The lowest BCUT2D eigenvalue weighted by atomic mass is 9.94. The second-order valence-corrected chi connectivity index (χ2v) is 34.0. The summed E-state index contributed by atoms with van der Waals surface area (Å²) in [4.78, 5) is 49.1. The molecule has 16 aromatic rings. The number of pyridine rings is 5. The number of oxazole rings is 2. The number of benzene rings is 3. The molecule has 0 spiro atoms. The lowest BCUT2D eigenvalue weighted by molar-refractivity contribution is 0.558. The third-order valence-electron chi connectivity index (χ3n) is 25.3. The molecule has 0 aliphatic carbocycles. The number of aryl methyl sites for hydroxylation is 28. The average molecular weight is 1560 g/mol. The minimum absolute atomic E-state index is 0.676. The number of hydrogen-bond acceptors (Lipinski definition) is 15. The van der Waals surface area contributed by atoms with Crippen LogP contribution in [0.2, 0.25) is 0 Å². The van der Waals surface area contributed by atoms with Gasteiger partial charge in [0.25, 0.3) is 0 Å². The van der Waals surface area contributed by atoms with Crippen molar-refractivity contribution in [2.75, 3.05) is 0 Å². The zero-order valence-corrected chi connectivity index (χ0v) is 77.5. The third kappa shape index (κ3) is 16.4. The van der Waals surface area contributed by atoms with Crippen molar-refractivity contribution in [2.45, 2.75) is 256 Å². The number of aromatic nitrogens is 15. The SMILES string of the molecule is Cc1c(C)c(C)c2c(c1C)c(C)c(C)n2C.Cc1nc2c(C)c(C)c(C)c(C)c2o1.Cc1nc2c(C)c(C)c(C)c(C)c2s1.Cc1nc2c(c(C)c1C)c(C)c(C)n2C.Cc1nc2c(nc(C)n2C)c(C)c1C.Cc1nc2nc(C)c(C)c(C)c2o1.Cc1nc2nc(C)c(C)c(C)c2s1.Cc1nc2nc(C)n(C)c2c(C)c1C. The fourth-order valence-electron chi connectivity index (χ4n) is 15.0. The fraction of sp³-hybridized carbons (Fsp3) is 0.436. The summed E-state index contributed by atoms with van der Waals surface area (Å²) in [6.45, 7) is 78.1. The number of nitrogens with zero attached hydrogens (tertiary/aromatic N) is 15. The van der Waals surface area contributed by atoms with E-state index in [4.69, 9.17) is 8.83 Å². The van der Waals surface area contributed by atoms with E-state index in [0.29, 0.717) is 5.89 Å². The van der Waals surface area contributed by atoms with E-state index in [-0.39, 0.29) is 0 Å². The number of fused-ring (bicyclic) bond motifs is 8. The molecule has 0 fully saturated rings. The summed E-state index contributed by atoms with van der Waals surface area (Å²) in [6, 6.07) is 0. The van der Waals surface area contributed by atoms with Gasteiger partial charge in [-0.1, -0.05) is 0 Å². The molecule has 0 unspecified atom stereocenters. The second kappa shape index (κ2) is 33.7. The van der Waals surface area contributed by atoms with Crippen LogP contribution in [-0.4, -0.2) is 73.1 Å². The summed E-state index contributed by atoms with van der Waals surface area (Å²) in [6.07, 6.45) is 0. The molecule has 13 heterocycles. The Kier molecular flexibility index (Phi) is 26.0. The minimum Gasteiger partial charge on any atom is -0.441 e. The van der Waals surface area contributed by atoms with E-state index in [1.807, 2.05) is 87.9 Å². The summed E-state index contributed by atoms with van der Waals surface area (Å²) < 4.78 is 22.3.